The molecule has 132 valence electrons. The van der Waals surface area contributed by atoms with Crippen LogP contribution in [0.3, 0.4) is 0 Å². The first-order chi connectivity index (χ1) is 11.8. The van der Waals surface area contributed by atoms with Crippen molar-refractivity contribution < 1.29 is 17.6 Å². The summed E-state index contributed by atoms with van der Waals surface area (Å²) in [7, 11) is -3.70. The summed E-state index contributed by atoms with van der Waals surface area (Å²) in [5.41, 5.74) is -0.162. The minimum Gasteiger partial charge on any atom is -0.321 e. The number of anilines is 1. The van der Waals surface area contributed by atoms with Crippen LogP contribution in [-0.4, -0.2) is 20.4 Å². The second-order valence-electron chi connectivity index (χ2n) is 5.62. The molecular weight excluding hydrogens is 390 g/mol. The molecule has 1 aliphatic carbocycles. The van der Waals surface area contributed by atoms with Crippen LogP contribution in [0.25, 0.3) is 0 Å². The zero-order chi connectivity index (χ0) is 18.2. The van der Waals surface area contributed by atoms with E-state index in [0.29, 0.717) is 0 Å². The number of carbonyl (C=O) groups is 1. The molecule has 2 N–H and O–H groups in total. The molecule has 25 heavy (non-hydrogen) atoms. The molecule has 5 nitrogen and oxygen atoms in total. The zero-order valence-corrected chi connectivity index (χ0v) is 15.1. The van der Waals surface area contributed by atoms with Crippen molar-refractivity contribution in [2.24, 2.45) is 0 Å². The van der Waals surface area contributed by atoms with Crippen LogP contribution in [0.5, 0.6) is 0 Å². The molecule has 0 spiro atoms. The highest BCUT2D eigenvalue weighted by Crippen LogP contribution is 2.28. The highest BCUT2D eigenvalue weighted by Gasteiger charge is 2.28. The van der Waals surface area contributed by atoms with Gasteiger partial charge in [0.15, 0.2) is 0 Å². The number of halogens is 3. The number of rotatable bonds is 5. The van der Waals surface area contributed by atoms with Gasteiger partial charge in [0.1, 0.15) is 5.82 Å². The standard InChI is InChI=1S/C16H13Cl2FN2O3S/c17-9-1-5-12(14(19)7-9)16(22)20-15-8-11(4-6-13(15)18)25(23,24)21-10-2-3-10/h1,4-8,10,21H,2-3H2,(H,20,22). The van der Waals surface area contributed by atoms with E-state index in [1.165, 1.54) is 30.3 Å². The fourth-order valence-corrected chi connectivity index (χ4v) is 3.77. The summed E-state index contributed by atoms with van der Waals surface area (Å²) in [4.78, 5) is 12.2. The Morgan fingerprint density at radius 3 is 2.48 bits per heavy atom. The second-order valence-corrected chi connectivity index (χ2v) is 8.17. The summed E-state index contributed by atoms with van der Waals surface area (Å²) in [5, 5.41) is 2.71. The fraction of sp³-hybridized carbons (Fsp3) is 0.188. The molecule has 2 aromatic carbocycles. The van der Waals surface area contributed by atoms with Crippen LogP contribution in [0.2, 0.25) is 10.0 Å². The zero-order valence-electron chi connectivity index (χ0n) is 12.7. The number of hydrogen-bond donors (Lipinski definition) is 2. The second kappa shape index (κ2) is 6.92. The van der Waals surface area contributed by atoms with E-state index in [4.69, 9.17) is 23.2 Å². The topological polar surface area (TPSA) is 75.3 Å². The third kappa shape index (κ3) is 4.30. The maximum atomic E-state index is 13.8. The van der Waals surface area contributed by atoms with Gasteiger partial charge in [-0.2, -0.15) is 0 Å². The Morgan fingerprint density at radius 2 is 1.84 bits per heavy atom. The Bertz CT molecular complexity index is 946. The van der Waals surface area contributed by atoms with E-state index in [2.05, 4.69) is 10.0 Å². The molecule has 2 aromatic rings. The van der Waals surface area contributed by atoms with Crippen molar-refractivity contribution in [2.45, 2.75) is 23.8 Å². The molecule has 1 saturated carbocycles. The maximum absolute atomic E-state index is 13.8. The normalized spacial score (nSPS) is 14.4. The van der Waals surface area contributed by atoms with Gasteiger partial charge in [-0.15, -0.1) is 0 Å². The lowest BCUT2D eigenvalue weighted by molar-refractivity contribution is 0.102. The number of benzene rings is 2. The van der Waals surface area contributed by atoms with Crippen LogP contribution in [0.4, 0.5) is 10.1 Å². The van der Waals surface area contributed by atoms with Crippen molar-refractivity contribution in [3.8, 4) is 0 Å². The predicted molar refractivity (Wildman–Crippen MR) is 94.2 cm³/mol. The molecule has 0 aliphatic heterocycles. The maximum Gasteiger partial charge on any atom is 0.258 e. The lowest BCUT2D eigenvalue weighted by Crippen LogP contribution is -2.25. The van der Waals surface area contributed by atoms with Crippen molar-refractivity contribution >= 4 is 44.8 Å². The molecule has 0 aromatic heterocycles. The summed E-state index contributed by atoms with van der Waals surface area (Å²) in [5.74, 6) is -1.55. The van der Waals surface area contributed by atoms with E-state index in [1.54, 1.807) is 0 Å². The van der Waals surface area contributed by atoms with Gasteiger partial charge in [0.25, 0.3) is 5.91 Å². The first-order valence-corrected chi connectivity index (χ1v) is 9.58. The van der Waals surface area contributed by atoms with Gasteiger partial charge >= 0.3 is 0 Å². The first-order valence-electron chi connectivity index (χ1n) is 7.34. The van der Waals surface area contributed by atoms with E-state index < -0.39 is 21.7 Å². The Labute approximate surface area is 154 Å². The molecule has 3 rings (SSSR count). The van der Waals surface area contributed by atoms with Gasteiger partial charge in [-0.1, -0.05) is 23.2 Å². The molecule has 0 bridgehead atoms. The Morgan fingerprint density at radius 1 is 1.12 bits per heavy atom. The number of sulfonamides is 1. The lowest BCUT2D eigenvalue weighted by atomic mass is 10.2. The third-order valence-electron chi connectivity index (χ3n) is 3.57. The average Bonchev–Trinajstić information content (AvgIpc) is 3.32. The van der Waals surface area contributed by atoms with Crippen molar-refractivity contribution in [3.63, 3.8) is 0 Å². The summed E-state index contributed by atoms with van der Waals surface area (Å²) in [6, 6.07) is 7.50. The van der Waals surface area contributed by atoms with Crippen LogP contribution >= 0.6 is 23.2 Å². The molecule has 1 aliphatic rings. The van der Waals surface area contributed by atoms with Crippen molar-refractivity contribution in [2.75, 3.05) is 5.32 Å². The van der Waals surface area contributed by atoms with Gasteiger partial charge < -0.3 is 5.32 Å². The molecule has 0 atom stereocenters. The highest BCUT2D eigenvalue weighted by atomic mass is 35.5. The Kier molecular flexibility index (Phi) is 5.02. The molecule has 0 radical (unpaired) electrons. The van der Waals surface area contributed by atoms with Gasteiger partial charge in [0, 0.05) is 11.1 Å². The summed E-state index contributed by atoms with van der Waals surface area (Å²) >= 11 is 11.7. The smallest absolute Gasteiger partial charge is 0.258 e. The summed E-state index contributed by atoms with van der Waals surface area (Å²) in [6.45, 7) is 0. The van der Waals surface area contributed by atoms with Gasteiger partial charge in [0.2, 0.25) is 10.0 Å². The SMILES string of the molecule is O=C(Nc1cc(S(=O)(=O)NC2CC2)ccc1Cl)c1ccc(Cl)cc1F. The molecule has 0 heterocycles. The van der Waals surface area contributed by atoms with Crippen molar-refractivity contribution in [3.05, 3.63) is 57.8 Å². The fourth-order valence-electron chi connectivity index (χ4n) is 2.12. The lowest BCUT2D eigenvalue weighted by Gasteiger charge is -2.11. The largest absolute Gasteiger partial charge is 0.321 e. The van der Waals surface area contributed by atoms with E-state index in [1.807, 2.05) is 0 Å². The van der Waals surface area contributed by atoms with Gasteiger partial charge in [-0.05, 0) is 49.2 Å². The predicted octanol–water partition coefficient (Wildman–Crippen LogP) is 3.83. The minimum atomic E-state index is -3.70. The van der Waals surface area contributed by atoms with Crippen molar-refractivity contribution in [1.29, 1.82) is 0 Å². The van der Waals surface area contributed by atoms with Crippen molar-refractivity contribution in [1.82, 2.24) is 4.72 Å². The number of amides is 1. The van der Waals surface area contributed by atoms with E-state index >= 15 is 0 Å². The van der Waals surface area contributed by atoms with Gasteiger partial charge in [-0.3, -0.25) is 4.79 Å². The van der Waals surface area contributed by atoms with Crippen LogP contribution in [0, 0.1) is 5.82 Å². The van der Waals surface area contributed by atoms with Crippen LogP contribution in [0.1, 0.15) is 23.2 Å². The Balaban J connectivity index is 1.86. The molecular formula is C16H13Cl2FN2O3S. The van der Waals surface area contributed by atoms with Crippen LogP contribution in [0.15, 0.2) is 41.3 Å². The molecule has 0 saturated heterocycles. The molecule has 9 heteroatoms. The number of nitrogens with one attached hydrogen (secondary N) is 2. The quantitative estimate of drug-likeness (QED) is 0.797. The highest BCUT2D eigenvalue weighted by molar-refractivity contribution is 7.89. The van der Waals surface area contributed by atoms with E-state index in [0.717, 1.165) is 18.9 Å². The minimum absolute atomic E-state index is 0.0318. The van der Waals surface area contributed by atoms with Gasteiger partial charge in [0.05, 0.1) is 21.2 Å². The third-order valence-corrected chi connectivity index (χ3v) is 5.65. The monoisotopic (exact) mass is 402 g/mol. The average molecular weight is 403 g/mol. The summed E-state index contributed by atoms with van der Waals surface area (Å²) < 4.78 is 40.9. The van der Waals surface area contributed by atoms with Crippen LogP contribution in [-0.2, 0) is 10.0 Å². The van der Waals surface area contributed by atoms with Gasteiger partial charge in [-0.25, -0.2) is 17.5 Å². The molecule has 1 fully saturated rings. The Hall–Kier alpha value is -1.67. The molecule has 0 unspecified atom stereocenters. The first kappa shape index (κ1) is 18.1. The van der Waals surface area contributed by atoms with E-state index in [9.17, 15) is 17.6 Å². The van der Waals surface area contributed by atoms with E-state index in [-0.39, 0.29) is 32.2 Å². The molecule has 1 amide bonds. The number of carbonyl (C=O) groups excluding carboxylic acids is 1. The summed E-state index contributed by atoms with van der Waals surface area (Å²) in [6.07, 6.45) is 1.60. The number of hydrogen-bond acceptors (Lipinski definition) is 3. The van der Waals surface area contributed by atoms with Crippen LogP contribution < -0.4 is 10.0 Å².